The molecular weight excluding hydrogens is 1070 g/mol. The number of esters is 4. The number of rotatable bonds is 48. The molecule has 2 unspecified atom stereocenters. The van der Waals surface area contributed by atoms with Gasteiger partial charge in [-0.15, -0.1) is 0 Å². The van der Waals surface area contributed by atoms with Gasteiger partial charge in [0.1, 0.15) is 20.2 Å². The summed E-state index contributed by atoms with van der Waals surface area (Å²) in [6, 6.07) is 11.8. The van der Waals surface area contributed by atoms with Gasteiger partial charge in [-0.2, -0.15) is 0 Å². The van der Waals surface area contributed by atoms with Crippen molar-refractivity contribution in [3.8, 4) is 0 Å². The van der Waals surface area contributed by atoms with Crippen molar-refractivity contribution in [2.24, 2.45) is 0 Å². The predicted octanol–water partition coefficient (Wildman–Crippen LogP) is 16.3. The number of carbonyl (C=O) groups excluding carboxylic acids is 4. The smallest absolute Gasteiger partial charge is 0.745 e. The molecule has 2 atom stereocenters. The summed E-state index contributed by atoms with van der Waals surface area (Å²) in [7, 11) is -9.63. The average Bonchev–Trinajstić information content (AvgIpc) is 3.42. The minimum Gasteiger partial charge on any atom is -0.745 e. The van der Waals surface area contributed by atoms with E-state index in [1.54, 1.807) is 26.0 Å². The molecule has 2 aromatic carbocycles. The van der Waals surface area contributed by atoms with Crippen LogP contribution >= 0.6 is 0 Å². The topological polar surface area (TPSA) is 220 Å². The van der Waals surface area contributed by atoms with Crippen molar-refractivity contribution in [1.82, 2.24) is 0 Å². The molecule has 0 heterocycles. The Morgan fingerprint density at radius 3 is 0.747 bits per heavy atom. The van der Waals surface area contributed by atoms with E-state index in [4.69, 9.17) is 18.9 Å². The summed E-state index contributed by atoms with van der Waals surface area (Å²) in [4.78, 5) is 50.1. The molecule has 0 saturated heterocycles. The van der Waals surface area contributed by atoms with Crippen LogP contribution in [0.15, 0.2) is 48.5 Å². The molecule has 0 saturated carbocycles. The Bertz CT molecular complexity index is 1950. The quantitative estimate of drug-likeness (QED) is 0.0198. The Morgan fingerprint density at radius 2 is 0.544 bits per heavy atom. The molecule has 14 nitrogen and oxygen atoms in total. The van der Waals surface area contributed by atoms with Crippen LogP contribution in [0.5, 0.6) is 0 Å². The van der Waals surface area contributed by atoms with Gasteiger partial charge in [-0.05, 0) is 49.9 Å². The molecule has 17 heteroatoms. The molecule has 448 valence electrons. The van der Waals surface area contributed by atoms with Gasteiger partial charge in [0.2, 0.25) is 0 Å². The molecule has 0 aliphatic heterocycles. The fourth-order valence-electron chi connectivity index (χ4n) is 9.18. The summed E-state index contributed by atoms with van der Waals surface area (Å²) in [6.07, 6.45) is 43.7. The zero-order valence-corrected chi connectivity index (χ0v) is 53.1. The van der Waals surface area contributed by atoms with Crippen LogP contribution in [0.4, 0.5) is 0 Å². The molecular formula is C62H102CaO14S2. The van der Waals surface area contributed by atoms with Crippen LogP contribution in [0.3, 0.4) is 0 Å². The molecule has 0 radical (unpaired) electrons. The number of benzene rings is 2. The summed E-state index contributed by atoms with van der Waals surface area (Å²) < 4.78 is 88.8. The average molecular weight is 1180 g/mol. The fraction of sp³-hybridized carbons (Fsp3) is 0.742. The van der Waals surface area contributed by atoms with E-state index in [2.05, 4.69) is 13.8 Å². The van der Waals surface area contributed by atoms with Crippen molar-refractivity contribution >= 4 is 81.9 Å². The van der Waals surface area contributed by atoms with Crippen LogP contribution in [-0.2, 0) is 39.2 Å². The predicted molar refractivity (Wildman–Crippen MR) is 315 cm³/mol. The Morgan fingerprint density at radius 1 is 0.342 bits per heavy atom. The van der Waals surface area contributed by atoms with Crippen molar-refractivity contribution in [2.45, 2.75) is 283 Å². The van der Waals surface area contributed by atoms with Crippen molar-refractivity contribution in [1.29, 1.82) is 0 Å². The van der Waals surface area contributed by atoms with Crippen LogP contribution in [0.2, 0.25) is 0 Å². The van der Waals surface area contributed by atoms with Gasteiger partial charge in [-0.3, -0.25) is 0 Å². The number of hydrogen-bond acceptors (Lipinski definition) is 14. The van der Waals surface area contributed by atoms with Crippen LogP contribution < -0.4 is 0 Å². The first-order chi connectivity index (χ1) is 37.6. The zero-order valence-electron chi connectivity index (χ0n) is 49.3. The second-order valence-electron chi connectivity index (χ2n) is 20.9. The SMILES string of the molecule is CCCCCCCCCCCCCCCCCCCOC(=O)c1ccccc1C(=O)OC(CCC)S(=O)(=O)[O-].CCCCCCCCCCCCCCCCCCCOC(=O)c1ccccc1C(=O)OC(CCC)S(=O)(=O)[O-].[Ca+2]. The molecule has 0 aliphatic rings. The van der Waals surface area contributed by atoms with Gasteiger partial charge in [0, 0.05) is 0 Å². The summed E-state index contributed by atoms with van der Waals surface area (Å²) in [5.41, 5.74) is -3.81. The Labute approximate surface area is 508 Å². The second-order valence-corrected chi connectivity index (χ2v) is 23.9. The molecule has 0 aliphatic carbocycles. The maximum atomic E-state index is 12.5. The van der Waals surface area contributed by atoms with E-state index in [1.165, 1.54) is 216 Å². The normalized spacial score (nSPS) is 12.1. The summed E-state index contributed by atoms with van der Waals surface area (Å²) in [5, 5.41) is 0. The first-order valence-electron chi connectivity index (χ1n) is 30.5. The van der Waals surface area contributed by atoms with Crippen LogP contribution in [0, 0.1) is 0 Å². The van der Waals surface area contributed by atoms with Gasteiger partial charge in [0.05, 0.1) is 35.5 Å². The van der Waals surface area contributed by atoms with Gasteiger partial charge in [0.25, 0.3) is 0 Å². The third-order valence-electron chi connectivity index (χ3n) is 13.9. The van der Waals surface area contributed by atoms with Crippen LogP contribution in [0.25, 0.3) is 0 Å². The van der Waals surface area contributed by atoms with Crippen LogP contribution in [-0.4, -0.2) is 112 Å². The Balaban J connectivity index is 0.00000152. The number of ether oxygens (including phenoxy) is 4. The van der Waals surface area contributed by atoms with E-state index in [0.717, 1.165) is 38.5 Å². The molecule has 0 fully saturated rings. The molecule has 0 spiro atoms. The minimum atomic E-state index is -4.81. The maximum Gasteiger partial charge on any atom is 2.00 e. The summed E-state index contributed by atoms with van der Waals surface area (Å²) in [6.45, 7) is 8.36. The van der Waals surface area contributed by atoms with E-state index in [1.807, 2.05) is 0 Å². The summed E-state index contributed by atoms with van der Waals surface area (Å²) in [5.74, 6) is -3.40. The van der Waals surface area contributed by atoms with Crippen molar-refractivity contribution in [3.63, 3.8) is 0 Å². The van der Waals surface area contributed by atoms with Crippen LogP contribution in [0.1, 0.15) is 313 Å². The monoisotopic (exact) mass is 1170 g/mol. The summed E-state index contributed by atoms with van der Waals surface area (Å²) >= 11 is 0. The van der Waals surface area contributed by atoms with Crippen molar-refractivity contribution < 1.29 is 64.1 Å². The van der Waals surface area contributed by atoms with E-state index in [0.29, 0.717) is 12.8 Å². The third-order valence-corrected chi connectivity index (χ3v) is 15.8. The Kier molecular flexibility index (Phi) is 48.3. The number of carbonyl (C=O) groups is 4. The molecule has 0 amide bonds. The second kappa shape index (κ2) is 50.0. The molecule has 0 bridgehead atoms. The van der Waals surface area contributed by atoms with Gasteiger partial charge < -0.3 is 28.1 Å². The third kappa shape index (κ3) is 39.5. The van der Waals surface area contributed by atoms with Gasteiger partial charge >= 0.3 is 61.6 Å². The molecule has 2 rings (SSSR count). The van der Waals surface area contributed by atoms with Gasteiger partial charge in [-0.25, -0.2) is 36.0 Å². The van der Waals surface area contributed by atoms with E-state index in [9.17, 15) is 45.1 Å². The fourth-order valence-corrected chi connectivity index (χ4v) is 10.6. The van der Waals surface area contributed by atoms with E-state index < -0.39 is 55.0 Å². The maximum absolute atomic E-state index is 12.5. The van der Waals surface area contributed by atoms with Gasteiger partial charge in [0.15, 0.2) is 10.9 Å². The molecule has 2 aromatic rings. The minimum absolute atomic E-state index is 0. The number of unbranched alkanes of at least 4 members (excludes halogenated alkanes) is 32. The Hall–Kier alpha value is -2.60. The first-order valence-corrected chi connectivity index (χ1v) is 33.4. The molecule has 79 heavy (non-hydrogen) atoms. The molecule has 0 N–H and O–H groups in total. The van der Waals surface area contributed by atoms with Crippen molar-refractivity contribution in [3.05, 3.63) is 70.8 Å². The van der Waals surface area contributed by atoms with Crippen molar-refractivity contribution in [2.75, 3.05) is 13.2 Å². The standard InChI is InChI=1S/2C31H52O7S.Ca/c2*1-3-5-6-7-8-9-10-11-12-13-14-15-16-17-18-19-22-26-37-30(32)27-24-20-21-25-28(27)31(33)38-29(23-4-2)39(34,35)36;/h2*20-21,24-25,29H,3-19,22-23,26H2,1-2H3,(H,34,35,36);/q;;+2/p-2. The van der Waals surface area contributed by atoms with Gasteiger partial charge in [-0.1, -0.05) is 270 Å². The largest absolute Gasteiger partial charge is 2.00 e. The first kappa shape index (κ1) is 76.4. The molecule has 0 aromatic heterocycles. The van der Waals surface area contributed by atoms with E-state index in [-0.39, 0.29) is 86.0 Å². The van der Waals surface area contributed by atoms with E-state index >= 15 is 0 Å². The zero-order chi connectivity index (χ0) is 57.5. The number of hydrogen-bond donors (Lipinski definition) is 0.